The van der Waals surface area contributed by atoms with Crippen molar-refractivity contribution in [3.05, 3.63) is 80.8 Å². The molecular formula is C24H23BrClNO4. The number of hydrogen-bond acceptors (Lipinski definition) is 5. The molecule has 3 aromatic rings. The van der Waals surface area contributed by atoms with Crippen LogP contribution in [0.4, 0.5) is 0 Å². The van der Waals surface area contributed by atoms with Crippen molar-refractivity contribution in [2.75, 3.05) is 13.4 Å². The van der Waals surface area contributed by atoms with Gasteiger partial charge in [0, 0.05) is 18.1 Å². The van der Waals surface area contributed by atoms with Crippen molar-refractivity contribution in [2.45, 2.75) is 26.6 Å². The van der Waals surface area contributed by atoms with Gasteiger partial charge in [0.2, 0.25) is 6.79 Å². The highest BCUT2D eigenvalue weighted by atomic mass is 79.9. The molecule has 0 spiro atoms. The molecule has 0 aliphatic carbocycles. The van der Waals surface area contributed by atoms with Crippen LogP contribution in [-0.4, -0.2) is 13.4 Å². The summed E-state index contributed by atoms with van der Waals surface area (Å²) in [5.74, 6) is 2.98. The number of ether oxygens (including phenoxy) is 4. The Balaban J connectivity index is 1.41. The first-order valence-corrected chi connectivity index (χ1v) is 11.2. The molecule has 7 heteroatoms. The van der Waals surface area contributed by atoms with Gasteiger partial charge in [0.25, 0.3) is 0 Å². The number of hydrogen-bond donors (Lipinski definition) is 1. The fourth-order valence-electron chi connectivity index (χ4n) is 3.31. The molecule has 162 valence electrons. The number of nitrogens with one attached hydrogen (secondary N) is 1. The van der Waals surface area contributed by atoms with Crippen LogP contribution in [0.1, 0.15) is 23.6 Å². The standard InChI is InChI=1S/C24H23BrClNO4/c1-2-28-23-11-18(13-27-12-16-6-7-21-22(10-16)31-15-30-21)9-20(25)24(23)29-14-17-4-3-5-19(26)8-17/h3-11,27H,2,12-15H2,1H3. The predicted octanol–water partition coefficient (Wildman–Crippen LogP) is 6.10. The third-order valence-corrected chi connectivity index (χ3v) is 5.56. The number of fused-ring (bicyclic) bond motifs is 1. The zero-order valence-electron chi connectivity index (χ0n) is 17.1. The minimum atomic E-state index is 0.284. The summed E-state index contributed by atoms with van der Waals surface area (Å²) in [5.41, 5.74) is 3.22. The minimum absolute atomic E-state index is 0.284. The second-order valence-electron chi connectivity index (χ2n) is 7.05. The second-order valence-corrected chi connectivity index (χ2v) is 8.34. The largest absolute Gasteiger partial charge is 0.490 e. The normalized spacial score (nSPS) is 12.1. The van der Waals surface area contributed by atoms with Gasteiger partial charge in [0.1, 0.15) is 6.61 Å². The van der Waals surface area contributed by atoms with Gasteiger partial charge >= 0.3 is 0 Å². The van der Waals surface area contributed by atoms with Gasteiger partial charge in [0.15, 0.2) is 23.0 Å². The summed E-state index contributed by atoms with van der Waals surface area (Å²) in [6, 6.07) is 17.7. The van der Waals surface area contributed by atoms with E-state index in [9.17, 15) is 0 Å². The molecule has 1 heterocycles. The molecule has 0 atom stereocenters. The van der Waals surface area contributed by atoms with Gasteiger partial charge in [-0.05, 0) is 75.9 Å². The van der Waals surface area contributed by atoms with Crippen molar-refractivity contribution in [1.82, 2.24) is 5.32 Å². The van der Waals surface area contributed by atoms with Crippen molar-refractivity contribution in [3.63, 3.8) is 0 Å². The van der Waals surface area contributed by atoms with E-state index in [0.29, 0.717) is 42.8 Å². The highest BCUT2D eigenvalue weighted by Crippen LogP contribution is 2.38. The van der Waals surface area contributed by atoms with E-state index < -0.39 is 0 Å². The molecule has 1 N–H and O–H groups in total. The molecule has 5 nitrogen and oxygen atoms in total. The maximum Gasteiger partial charge on any atom is 0.231 e. The second kappa shape index (κ2) is 10.3. The zero-order chi connectivity index (χ0) is 21.6. The molecule has 0 saturated heterocycles. The average molecular weight is 505 g/mol. The topological polar surface area (TPSA) is 49.0 Å². The van der Waals surface area contributed by atoms with Crippen molar-refractivity contribution in [3.8, 4) is 23.0 Å². The lowest BCUT2D eigenvalue weighted by atomic mass is 10.1. The molecule has 0 radical (unpaired) electrons. The highest BCUT2D eigenvalue weighted by molar-refractivity contribution is 9.10. The monoisotopic (exact) mass is 503 g/mol. The lowest BCUT2D eigenvalue weighted by molar-refractivity contribution is 0.174. The first-order valence-electron chi connectivity index (χ1n) is 10.0. The molecule has 3 aromatic carbocycles. The van der Waals surface area contributed by atoms with Gasteiger partial charge in [-0.1, -0.05) is 29.8 Å². The van der Waals surface area contributed by atoms with Crippen molar-refractivity contribution in [1.29, 1.82) is 0 Å². The smallest absolute Gasteiger partial charge is 0.231 e. The van der Waals surface area contributed by atoms with E-state index in [-0.39, 0.29) is 6.79 Å². The van der Waals surface area contributed by atoms with Gasteiger partial charge in [-0.3, -0.25) is 0 Å². The SMILES string of the molecule is CCOc1cc(CNCc2ccc3c(c2)OCO3)cc(Br)c1OCc1cccc(Cl)c1. The van der Waals surface area contributed by atoms with Gasteiger partial charge in [-0.2, -0.15) is 0 Å². The summed E-state index contributed by atoms with van der Waals surface area (Å²) in [5, 5.41) is 4.15. The molecule has 0 fully saturated rings. The van der Waals surface area contributed by atoms with Crippen LogP contribution in [0, 0.1) is 0 Å². The average Bonchev–Trinajstić information content (AvgIpc) is 3.21. The number of halogens is 2. The summed E-state index contributed by atoms with van der Waals surface area (Å²) in [7, 11) is 0. The van der Waals surface area contributed by atoms with Crippen LogP contribution in [0.3, 0.4) is 0 Å². The molecule has 1 aliphatic rings. The van der Waals surface area contributed by atoms with Crippen molar-refractivity contribution >= 4 is 27.5 Å². The van der Waals surface area contributed by atoms with E-state index in [1.165, 1.54) is 0 Å². The molecule has 0 aromatic heterocycles. The maximum atomic E-state index is 6.07. The van der Waals surface area contributed by atoms with Crippen LogP contribution in [0.25, 0.3) is 0 Å². The first kappa shape index (κ1) is 21.8. The van der Waals surface area contributed by atoms with Crippen LogP contribution in [0.15, 0.2) is 59.1 Å². The lowest BCUT2D eigenvalue weighted by Gasteiger charge is -2.16. The zero-order valence-corrected chi connectivity index (χ0v) is 19.5. The predicted molar refractivity (Wildman–Crippen MR) is 124 cm³/mol. The lowest BCUT2D eigenvalue weighted by Crippen LogP contribution is -2.13. The Bertz CT molecular complexity index is 1060. The Morgan fingerprint density at radius 2 is 1.77 bits per heavy atom. The molecule has 0 amide bonds. The van der Waals surface area contributed by atoms with Crippen molar-refractivity contribution < 1.29 is 18.9 Å². The van der Waals surface area contributed by atoms with E-state index in [4.69, 9.17) is 30.5 Å². The van der Waals surface area contributed by atoms with Gasteiger partial charge in [0.05, 0.1) is 11.1 Å². The van der Waals surface area contributed by atoms with E-state index >= 15 is 0 Å². The Morgan fingerprint density at radius 3 is 2.61 bits per heavy atom. The summed E-state index contributed by atoms with van der Waals surface area (Å²) >= 11 is 9.71. The fourth-order valence-corrected chi connectivity index (χ4v) is 4.13. The molecule has 0 bridgehead atoms. The van der Waals surface area contributed by atoms with Crippen LogP contribution < -0.4 is 24.3 Å². The summed E-state index contributed by atoms with van der Waals surface area (Å²) in [4.78, 5) is 0. The Hall–Kier alpha value is -2.41. The summed E-state index contributed by atoms with van der Waals surface area (Å²) in [6.07, 6.45) is 0. The third-order valence-electron chi connectivity index (χ3n) is 4.74. The van der Waals surface area contributed by atoms with Crippen LogP contribution in [0.5, 0.6) is 23.0 Å². The Morgan fingerprint density at radius 1 is 0.935 bits per heavy atom. The summed E-state index contributed by atoms with van der Waals surface area (Å²) < 4.78 is 23.6. The maximum absolute atomic E-state index is 6.07. The Labute approximate surface area is 195 Å². The molecule has 0 saturated carbocycles. The van der Waals surface area contributed by atoms with E-state index in [0.717, 1.165) is 32.7 Å². The van der Waals surface area contributed by atoms with E-state index in [2.05, 4.69) is 21.2 Å². The first-order chi connectivity index (χ1) is 15.1. The molecule has 4 rings (SSSR count). The molecule has 1 aliphatic heterocycles. The fraction of sp³-hybridized carbons (Fsp3) is 0.250. The number of rotatable bonds is 9. The van der Waals surface area contributed by atoms with Crippen LogP contribution in [-0.2, 0) is 19.7 Å². The minimum Gasteiger partial charge on any atom is -0.490 e. The van der Waals surface area contributed by atoms with E-state index in [1.54, 1.807) is 0 Å². The van der Waals surface area contributed by atoms with E-state index in [1.807, 2.05) is 61.5 Å². The Kier molecular flexibility index (Phi) is 7.22. The van der Waals surface area contributed by atoms with Gasteiger partial charge in [-0.25, -0.2) is 0 Å². The van der Waals surface area contributed by atoms with Crippen LogP contribution in [0.2, 0.25) is 5.02 Å². The van der Waals surface area contributed by atoms with Crippen LogP contribution >= 0.6 is 27.5 Å². The van der Waals surface area contributed by atoms with Gasteiger partial charge in [-0.15, -0.1) is 0 Å². The molecule has 31 heavy (non-hydrogen) atoms. The number of benzene rings is 3. The molecular weight excluding hydrogens is 482 g/mol. The van der Waals surface area contributed by atoms with Crippen molar-refractivity contribution in [2.24, 2.45) is 0 Å². The third kappa shape index (κ3) is 5.64. The summed E-state index contributed by atoms with van der Waals surface area (Å²) in [6.45, 7) is 4.59. The highest BCUT2D eigenvalue weighted by Gasteiger charge is 2.14. The van der Waals surface area contributed by atoms with Gasteiger partial charge < -0.3 is 24.3 Å². The quantitative estimate of drug-likeness (QED) is 0.382. The molecule has 0 unspecified atom stereocenters.